The van der Waals surface area contributed by atoms with E-state index in [0.717, 1.165) is 6.07 Å². The summed E-state index contributed by atoms with van der Waals surface area (Å²) >= 11 is 0. The first-order valence-corrected chi connectivity index (χ1v) is 9.59. The second-order valence-electron chi connectivity index (χ2n) is 6.81. The summed E-state index contributed by atoms with van der Waals surface area (Å²) < 4.78 is 70.3. The quantitative estimate of drug-likeness (QED) is 0.405. The molecule has 0 aliphatic rings. The van der Waals surface area contributed by atoms with Crippen molar-refractivity contribution in [3.05, 3.63) is 78.1 Å². The normalized spacial score (nSPS) is 11.5. The van der Waals surface area contributed by atoms with Gasteiger partial charge in [0.2, 0.25) is 0 Å². The minimum atomic E-state index is -5.77. The summed E-state index contributed by atoms with van der Waals surface area (Å²) in [4.78, 5) is 27.7. The molecule has 0 aliphatic heterocycles. The molecule has 0 unspecified atom stereocenters. The standard InChI is InChI=1S/C22H17F5N4O3/c1-28-19(32)18-12-17(9-10-29-18)34-16-7-5-14(6-8-16)30-20(33)31-15-4-2-3-13(11-15)21(23,24)22(25,26)27/h2-12H,1H3,(H,28,32)(H2,30,31,33). The van der Waals surface area contributed by atoms with Crippen LogP contribution in [0.15, 0.2) is 66.9 Å². The maximum absolute atomic E-state index is 13.5. The van der Waals surface area contributed by atoms with Crippen LogP contribution >= 0.6 is 0 Å². The molecule has 12 heteroatoms. The van der Waals surface area contributed by atoms with Crippen molar-refractivity contribution < 1.29 is 36.3 Å². The molecule has 0 saturated heterocycles. The molecule has 1 aromatic heterocycles. The predicted octanol–water partition coefficient (Wildman–Crippen LogP) is 5.53. The summed E-state index contributed by atoms with van der Waals surface area (Å²) in [5.74, 6) is -4.72. The number of carbonyl (C=O) groups excluding carboxylic acids is 2. The van der Waals surface area contributed by atoms with E-state index in [2.05, 4.69) is 20.9 Å². The number of aromatic nitrogens is 1. The number of hydrogen-bond acceptors (Lipinski definition) is 4. The van der Waals surface area contributed by atoms with E-state index in [1.165, 1.54) is 49.6 Å². The molecule has 7 nitrogen and oxygen atoms in total. The zero-order chi connectivity index (χ0) is 24.9. The number of rotatable bonds is 6. The molecule has 0 bridgehead atoms. The highest BCUT2D eigenvalue weighted by Gasteiger charge is 2.58. The Hall–Kier alpha value is -4.22. The second kappa shape index (κ2) is 9.73. The topological polar surface area (TPSA) is 92.4 Å². The molecule has 3 rings (SSSR count). The summed E-state index contributed by atoms with van der Waals surface area (Å²) in [6.45, 7) is 0. The first kappa shape index (κ1) is 24.4. The average Bonchev–Trinajstić information content (AvgIpc) is 2.79. The van der Waals surface area contributed by atoms with Gasteiger partial charge in [0.25, 0.3) is 5.91 Å². The van der Waals surface area contributed by atoms with E-state index in [0.29, 0.717) is 29.3 Å². The van der Waals surface area contributed by atoms with Gasteiger partial charge >= 0.3 is 18.1 Å². The summed E-state index contributed by atoms with van der Waals surface area (Å²) in [5, 5.41) is 7.07. The Bertz CT molecular complexity index is 1180. The van der Waals surface area contributed by atoms with Crippen LogP contribution in [0.5, 0.6) is 11.5 Å². The number of hydrogen-bond donors (Lipinski definition) is 3. The smallest absolute Gasteiger partial charge is 0.457 e. The number of alkyl halides is 5. The highest BCUT2D eigenvalue weighted by molar-refractivity contribution is 5.99. The Labute approximate surface area is 190 Å². The third-order valence-electron chi connectivity index (χ3n) is 4.38. The predicted molar refractivity (Wildman–Crippen MR) is 113 cm³/mol. The number of ether oxygens (including phenoxy) is 1. The third-order valence-corrected chi connectivity index (χ3v) is 4.38. The number of anilines is 2. The van der Waals surface area contributed by atoms with E-state index in [-0.39, 0.29) is 17.3 Å². The van der Waals surface area contributed by atoms with Crippen molar-refractivity contribution >= 4 is 23.3 Å². The Morgan fingerprint density at radius 1 is 0.853 bits per heavy atom. The molecule has 0 fully saturated rings. The monoisotopic (exact) mass is 480 g/mol. The van der Waals surface area contributed by atoms with Crippen LogP contribution in [0.1, 0.15) is 16.1 Å². The van der Waals surface area contributed by atoms with Crippen LogP contribution in [-0.2, 0) is 5.92 Å². The molecule has 3 aromatic rings. The van der Waals surface area contributed by atoms with Crippen molar-refractivity contribution in [2.45, 2.75) is 12.1 Å². The number of nitrogens with one attached hydrogen (secondary N) is 3. The highest BCUT2D eigenvalue weighted by Crippen LogP contribution is 2.44. The number of benzene rings is 2. The van der Waals surface area contributed by atoms with E-state index < -0.39 is 23.7 Å². The molecule has 0 spiro atoms. The Kier molecular flexibility index (Phi) is 6.99. The van der Waals surface area contributed by atoms with Crippen LogP contribution in [0.4, 0.5) is 38.1 Å². The third kappa shape index (κ3) is 5.77. The van der Waals surface area contributed by atoms with Gasteiger partial charge in [-0.1, -0.05) is 12.1 Å². The molecule has 178 valence electrons. The first-order valence-electron chi connectivity index (χ1n) is 9.59. The number of carbonyl (C=O) groups is 2. The van der Waals surface area contributed by atoms with Crippen LogP contribution in [-0.4, -0.2) is 30.1 Å². The van der Waals surface area contributed by atoms with Gasteiger partial charge in [0.1, 0.15) is 17.2 Å². The van der Waals surface area contributed by atoms with Crippen molar-refractivity contribution in [3.63, 3.8) is 0 Å². The van der Waals surface area contributed by atoms with Crippen molar-refractivity contribution in [2.75, 3.05) is 17.7 Å². The molecule has 0 atom stereocenters. The van der Waals surface area contributed by atoms with E-state index in [1.807, 2.05) is 0 Å². The fourth-order valence-corrected chi connectivity index (χ4v) is 2.72. The minimum absolute atomic E-state index is 0.159. The lowest BCUT2D eigenvalue weighted by molar-refractivity contribution is -0.289. The van der Waals surface area contributed by atoms with Gasteiger partial charge < -0.3 is 20.7 Å². The molecule has 0 radical (unpaired) electrons. The number of amides is 3. The summed E-state index contributed by atoms with van der Waals surface area (Å²) in [6.07, 6.45) is -4.36. The molecule has 2 aromatic carbocycles. The minimum Gasteiger partial charge on any atom is -0.457 e. The van der Waals surface area contributed by atoms with Gasteiger partial charge in [-0.2, -0.15) is 22.0 Å². The number of halogens is 5. The van der Waals surface area contributed by atoms with Gasteiger partial charge in [-0.05, 0) is 42.5 Å². The molecular weight excluding hydrogens is 463 g/mol. The van der Waals surface area contributed by atoms with E-state index in [1.54, 1.807) is 6.07 Å². The molecule has 34 heavy (non-hydrogen) atoms. The average molecular weight is 480 g/mol. The van der Waals surface area contributed by atoms with Crippen LogP contribution in [0.2, 0.25) is 0 Å². The van der Waals surface area contributed by atoms with Gasteiger partial charge in [-0.25, -0.2) is 4.79 Å². The molecular formula is C22H17F5N4O3. The molecule has 3 amide bonds. The zero-order valence-corrected chi connectivity index (χ0v) is 17.4. The number of nitrogens with zero attached hydrogens (tertiary/aromatic N) is 1. The lowest BCUT2D eigenvalue weighted by atomic mass is 10.1. The SMILES string of the molecule is CNC(=O)c1cc(Oc2ccc(NC(=O)Nc3cccc(C(F)(F)C(F)(F)F)c3)cc2)ccn1. The van der Waals surface area contributed by atoms with E-state index in [9.17, 15) is 31.5 Å². The zero-order valence-electron chi connectivity index (χ0n) is 17.4. The molecule has 0 aliphatic carbocycles. The van der Waals surface area contributed by atoms with Gasteiger partial charge in [0.05, 0.1) is 0 Å². The van der Waals surface area contributed by atoms with Gasteiger partial charge in [-0.3, -0.25) is 9.78 Å². The maximum atomic E-state index is 13.5. The summed E-state index contributed by atoms with van der Waals surface area (Å²) in [6, 6.07) is 11.4. The Morgan fingerprint density at radius 2 is 1.53 bits per heavy atom. The van der Waals surface area contributed by atoms with Crippen LogP contribution < -0.4 is 20.7 Å². The lowest BCUT2D eigenvalue weighted by Crippen LogP contribution is -2.33. The lowest BCUT2D eigenvalue weighted by Gasteiger charge is -2.20. The Morgan fingerprint density at radius 3 is 2.18 bits per heavy atom. The number of urea groups is 1. The van der Waals surface area contributed by atoms with Crippen molar-refractivity contribution in [2.24, 2.45) is 0 Å². The van der Waals surface area contributed by atoms with Gasteiger partial charge in [0.15, 0.2) is 0 Å². The van der Waals surface area contributed by atoms with E-state index >= 15 is 0 Å². The highest BCUT2D eigenvalue weighted by atomic mass is 19.4. The largest absolute Gasteiger partial charge is 0.458 e. The van der Waals surface area contributed by atoms with Crippen molar-refractivity contribution in [1.29, 1.82) is 0 Å². The second-order valence-corrected chi connectivity index (χ2v) is 6.81. The van der Waals surface area contributed by atoms with Gasteiger partial charge in [-0.15, -0.1) is 0 Å². The fraction of sp³-hybridized carbons (Fsp3) is 0.136. The van der Waals surface area contributed by atoms with Crippen LogP contribution in [0.3, 0.4) is 0 Å². The van der Waals surface area contributed by atoms with Crippen LogP contribution in [0.25, 0.3) is 0 Å². The van der Waals surface area contributed by atoms with E-state index in [4.69, 9.17) is 4.74 Å². The summed E-state index contributed by atoms with van der Waals surface area (Å²) in [7, 11) is 1.47. The van der Waals surface area contributed by atoms with Crippen LogP contribution in [0, 0.1) is 0 Å². The fourth-order valence-electron chi connectivity index (χ4n) is 2.72. The first-order chi connectivity index (χ1) is 16.0. The molecule has 0 saturated carbocycles. The van der Waals surface area contributed by atoms with Crippen molar-refractivity contribution in [3.8, 4) is 11.5 Å². The maximum Gasteiger partial charge on any atom is 0.458 e. The molecule has 1 heterocycles. The van der Waals surface area contributed by atoms with Gasteiger partial charge in [0, 0.05) is 36.2 Å². The van der Waals surface area contributed by atoms with Crippen molar-refractivity contribution in [1.82, 2.24) is 10.3 Å². The molecule has 3 N–H and O–H groups in total. The number of pyridine rings is 1. The summed E-state index contributed by atoms with van der Waals surface area (Å²) in [5.41, 5.74) is -1.09. The Balaban J connectivity index is 1.63.